The highest BCUT2D eigenvalue weighted by Crippen LogP contribution is 2.24. The van der Waals surface area contributed by atoms with Crippen molar-refractivity contribution in [2.75, 3.05) is 31.0 Å². The number of allylic oxidation sites excluding steroid dienone is 4. The van der Waals surface area contributed by atoms with Crippen molar-refractivity contribution in [1.29, 1.82) is 0 Å². The van der Waals surface area contributed by atoms with Gasteiger partial charge in [0.05, 0.1) is 42.3 Å². The second-order valence-electron chi connectivity index (χ2n) is 6.18. The van der Waals surface area contributed by atoms with Crippen LogP contribution in [0.1, 0.15) is 22.3 Å². The quantitative estimate of drug-likeness (QED) is 0.732. The van der Waals surface area contributed by atoms with Crippen molar-refractivity contribution in [3.05, 3.63) is 52.5 Å². The molecule has 7 nitrogen and oxygen atoms in total. The number of ether oxygens (including phenoxy) is 1. The van der Waals surface area contributed by atoms with Crippen LogP contribution in [0.2, 0.25) is 0 Å². The van der Waals surface area contributed by atoms with Gasteiger partial charge in [-0.15, -0.1) is 0 Å². The fraction of sp³-hybridized carbons (Fsp3) is 0.333. The summed E-state index contributed by atoms with van der Waals surface area (Å²) in [5, 5.41) is 5.38. The van der Waals surface area contributed by atoms with E-state index >= 15 is 0 Å². The predicted octanol–water partition coefficient (Wildman–Crippen LogP) is 2.35. The molecule has 144 valence electrons. The first kappa shape index (κ1) is 19.8. The average Bonchev–Trinajstić information content (AvgIpc) is 2.69. The van der Waals surface area contributed by atoms with Gasteiger partial charge >= 0.3 is 0 Å². The van der Waals surface area contributed by atoms with Crippen molar-refractivity contribution in [3.8, 4) is 0 Å². The molecule has 1 heterocycles. The van der Waals surface area contributed by atoms with E-state index in [2.05, 4.69) is 9.12 Å². The first-order chi connectivity index (χ1) is 13.1. The van der Waals surface area contributed by atoms with Crippen molar-refractivity contribution < 1.29 is 13.7 Å². The molecule has 1 saturated heterocycles. The maximum atomic E-state index is 12.9. The molecule has 1 aromatic carbocycles. The van der Waals surface area contributed by atoms with E-state index in [1.165, 1.54) is 0 Å². The number of hydrogen-bond donors (Lipinski definition) is 2. The van der Waals surface area contributed by atoms with Crippen molar-refractivity contribution in [1.82, 2.24) is 4.90 Å². The summed E-state index contributed by atoms with van der Waals surface area (Å²) in [7, 11) is -1.49. The minimum atomic E-state index is -1.49. The Hall–Kier alpha value is -1.94. The van der Waals surface area contributed by atoms with E-state index in [4.69, 9.17) is 9.88 Å². The van der Waals surface area contributed by atoms with Crippen LogP contribution in [-0.4, -0.2) is 47.0 Å². The number of amides is 1. The molecule has 0 bridgehead atoms. The third-order valence-corrected chi connectivity index (χ3v) is 5.74. The van der Waals surface area contributed by atoms with Gasteiger partial charge in [-0.05, 0) is 36.8 Å². The molecule has 1 amide bonds. The van der Waals surface area contributed by atoms with Crippen molar-refractivity contribution in [2.24, 2.45) is 9.54 Å². The zero-order valence-electron chi connectivity index (χ0n) is 15.0. The number of nitrogens with zero attached hydrogens (tertiary/aromatic N) is 2. The van der Waals surface area contributed by atoms with E-state index in [9.17, 15) is 9.00 Å². The summed E-state index contributed by atoms with van der Waals surface area (Å²) in [6.45, 7) is 4.12. The molecule has 1 unspecified atom stereocenters. The molecule has 27 heavy (non-hydrogen) atoms. The maximum Gasteiger partial charge on any atom is 0.256 e. The molecule has 3 N–H and O–H groups in total. The molecule has 9 heteroatoms. The summed E-state index contributed by atoms with van der Waals surface area (Å²) in [5.74, 6) is -0.0860. The highest BCUT2D eigenvalue weighted by molar-refractivity contribution is 7.95. The van der Waals surface area contributed by atoms with Crippen LogP contribution in [0.5, 0.6) is 0 Å². The van der Waals surface area contributed by atoms with Gasteiger partial charge in [0.2, 0.25) is 0 Å². The Morgan fingerprint density at radius 1 is 1.37 bits per heavy atom. The highest BCUT2D eigenvalue weighted by Gasteiger charge is 2.22. The fourth-order valence-corrected chi connectivity index (χ4v) is 4.09. The number of carbonyl (C=O) groups is 1. The monoisotopic (exact) mass is 406 g/mol. The van der Waals surface area contributed by atoms with Gasteiger partial charge in [-0.1, -0.05) is 12.1 Å². The van der Waals surface area contributed by atoms with Gasteiger partial charge in [-0.3, -0.25) is 9.93 Å². The van der Waals surface area contributed by atoms with Crippen LogP contribution in [0.25, 0.3) is 0 Å². The van der Waals surface area contributed by atoms with Gasteiger partial charge in [-0.25, -0.2) is 8.61 Å². The molecule has 0 saturated carbocycles. The van der Waals surface area contributed by atoms with Crippen LogP contribution < -0.4 is 9.86 Å². The summed E-state index contributed by atoms with van der Waals surface area (Å²) in [6, 6.07) is 5.50. The Labute approximate surface area is 165 Å². The summed E-state index contributed by atoms with van der Waals surface area (Å²) < 4.78 is 25.2. The van der Waals surface area contributed by atoms with Crippen LogP contribution in [0.3, 0.4) is 0 Å². The number of carbonyl (C=O) groups excluding carboxylic acids is 1. The van der Waals surface area contributed by atoms with Crippen LogP contribution in [-0.2, 0) is 15.7 Å². The molecule has 0 spiro atoms. The molecule has 1 fully saturated rings. The molecular formula is C18H22N4O3S2. The molecule has 3 rings (SSSR count). The van der Waals surface area contributed by atoms with Crippen molar-refractivity contribution in [2.45, 2.75) is 13.3 Å². The maximum absolute atomic E-state index is 12.9. The lowest BCUT2D eigenvalue weighted by Gasteiger charge is -2.27. The molecule has 2 aliphatic rings. The Morgan fingerprint density at radius 2 is 2.15 bits per heavy atom. The molecule has 1 atom stereocenters. The van der Waals surface area contributed by atoms with E-state index in [1.807, 2.05) is 25.1 Å². The number of morpholine rings is 1. The highest BCUT2D eigenvalue weighted by atomic mass is 32.2. The van der Waals surface area contributed by atoms with Crippen LogP contribution >= 0.6 is 12.1 Å². The van der Waals surface area contributed by atoms with Gasteiger partial charge in [0.25, 0.3) is 5.91 Å². The topological polar surface area (TPSA) is 97.0 Å². The summed E-state index contributed by atoms with van der Waals surface area (Å²) in [6.07, 6.45) is 5.87. The van der Waals surface area contributed by atoms with Crippen LogP contribution in [0, 0.1) is 6.92 Å². The summed E-state index contributed by atoms with van der Waals surface area (Å²) in [5.41, 5.74) is 2.80. The summed E-state index contributed by atoms with van der Waals surface area (Å²) in [4.78, 5) is 15.3. The Kier molecular flexibility index (Phi) is 6.84. The smallest absolute Gasteiger partial charge is 0.256 e. The zero-order valence-corrected chi connectivity index (χ0v) is 16.6. The third-order valence-electron chi connectivity index (χ3n) is 4.24. The van der Waals surface area contributed by atoms with Crippen LogP contribution in [0.15, 0.2) is 45.7 Å². The number of hydrogen-bond acceptors (Lipinski definition) is 6. The molecule has 1 aromatic rings. The van der Waals surface area contributed by atoms with Crippen molar-refractivity contribution >= 4 is 40.4 Å². The largest absolute Gasteiger partial charge is 0.378 e. The standard InChI is InChI=1S/C18H22N4O3S2/c1-13-5-6-16(18(23)22-7-9-25-10-8-22)17(11-13)21-27(24)15-4-2-3-14(12-15)20-26-19/h2-6,11,21H,7-10,12,19H2,1H3/b20-14-. The fourth-order valence-electron chi connectivity index (χ4n) is 2.85. The van der Waals surface area contributed by atoms with Crippen molar-refractivity contribution in [3.63, 3.8) is 0 Å². The second kappa shape index (κ2) is 9.32. The first-order valence-corrected chi connectivity index (χ1v) is 10.5. The van der Waals surface area contributed by atoms with Gasteiger partial charge in [0.1, 0.15) is 11.0 Å². The normalized spacial score (nSPS) is 19.7. The van der Waals surface area contributed by atoms with E-state index in [0.29, 0.717) is 48.9 Å². The number of nitrogens with two attached hydrogens (primary N) is 1. The van der Waals surface area contributed by atoms with E-state index in [1.54, 1.807) is 23.1 Å². The zero-order chi connectivity index (χ0) is 19.2. The minimum absolute atomic E-state index is 0.0860. The Bertz CT molecular complexity index is 830. The molecule has 1 aliphatic heterocycles. The first-order valence-electron chi connectivity index (χ1n) is 8.54. The average molecular weight is 407 g/mol. The minimum Gasteiger partial charge on any atom is -0.378 e. The van der Waals surface area contributed by atoms with Gasteiger partial charge in [0.15, 0.2) is 0 Å². The number of anilines is 1. The molecule has 1 aliphatic carbocycles. The lowest BCUT2D eigenvalue weighted by molar-refractivity contribution is 0.0303. The number of benzene rings is 1. The lowest BCUT2D eigenvalue weighted by atomic mass is 10.1. The van der Waals surface area contributed by atoms with Gasteiger partial charge in [0, 0.05) is 24.4 Å². The molecular weight excluding hydrogens is 384 g/mol. The lowest BCUT2D eigenvalue weighted by Crippen LogP contribution is -2.41. The third kappa shape index (κ3) is 5.07. The van der Waals surface area contributed by atoms with E-state index in [0.717, 1.165) is 23.4 Å². The van der Waals surface area contributed by atoms with Gasteiger partial charge < -0.3 is 14.4 Å². The SMILES string of the molecule is Cc1ccc(C(=O)N2CCOCC2)c(NS(=O)C2=CC=C/C(=N/SN)C2)c1. The predicted molar refractivity (Wildman–Crippen MR) is 111 cm³/mol. The Balaban J connectivity index is 1.80. The number of rotatable bonds is 5. The molecule has 0 radical (unpaired) electrons. The number of aryl methyl sites for hydroxylation is 1. The van der Waals surface area contributed by atoms with E-state index in [-0.39, 0.29) is 5.91 Å². The number of nitrogens with one attached hydrogen (secondary N) is 1. The van der Waals surface area contributed by atoms with Crippen LogP contribution in [0.4, 0.5) is 5.69 Å². The Morgan fingerprint density at radius 3 is 2.89 bits per heavy atom. The second-order valence-corrected chi connectivity index (χ2v) is 7.84. The summed E-state index contributed by atoms with van der Waals surface area (Å²) >= 11 is 0.880. The van der Waals surface area contributed by atoms with Gasteiger partial charge in [-0.2, -0.15) is 0 Å². The van der Waals surface area contributed by atoms with E-state index < -0.39 is 11.0 Å². The molecule has 0 aromatic heterocycles.